The van der Waals surface area contributed by atoms with Crippen LogP contribution in [-0.4, -0.2) is 26.8 Å². The summed E-state index contributed by atoms with van der Waals surface area (Å²) in [5.41, 5.74) is 1.16. The minimum Gasteiger partial charge on any atom is -0.481 e. The number of aliphatic carboxylic acids is 1. The Hall–Kier alpha value is -2.70. The number of nitrogens with one attached hydrogen (secondary N) is 1. The topological polar surface area (TPSA) is 84.2 Å². The Balaban J connectivity index is 2.06. The number of anilines is 1. The van der Waals surface area contributed by atoms with Crippen LogP contribution in [0.2, 0.25) is 0 Å². The first-order valence-electron chi connectivity index (χ1n) is 6.27. The van der Waals surface area contributed by atoms with E-state index in [9.17, 15) is 14.0 Å². The minimum absolute atomic E-state index is 0.0880. The molecule has 0 aliphatic carbocycles. The Morgan fingerprint density at radius 3 is 2.90 bits per heavy atom. The van der Waals surface area contributed by atoms with Gasteiger partial charge >= 0.3 is 5.97 Å². The van der Waals surface area contributed by atoms with E-state index in [2.05, 4.69) is 10.4 Å². The van der Waals surface area contributed by atoms with Crippen LogP contribution in [0, 0.1) is 12.7 Å². The number of rotatable bonds is 5. The van der Waals surface area contributed by atoms with E-state index in [0.717, 1.165) is 5.56 Å². The van der Waals surface area contributed by atoms with Gasteiger partial charge in [0.1, 0.15) is 5.82 Å². The number of halogens is 1. The fourth-order valence-electron chi connectivity index (χ4n) is 1.74. The lowest BCUT2D eigenvalue weighted by Gasteiger charge is -2.05. The molecule has 0 saturated heterocycles. The molecule has 0 radical (unpaired) electrons. The molecule has 1 amide bonds. The van der Waals surface area contributed by atoms with Crippen molar-refractivity contribution in [1.82, 2.24) is 9.78 Å². The Bertz CT molecular complexity index is 682. The molecule has 0 spiro atoms. The summed E-state index contributed by atoms with van der Waals surface area (Å²) in [4.78, 5) is 22.4. The van der Waals surface area contributed by atoms with Gasteiger partial charge in [0.25, 0.3) is 5.91 Å². The molecule has 0 aliphatic heterocycles. The summed E-state index contributed by atoms with van der Waals surface area (Å²) < 4.78 is 14.9. The van der Waals surface area contributed by atoms with Gasteiger partial charge in [-0.3, -0.25) is 14.3 Å². The molecule has 1 aromatic heterocycles. The highest BCUT2D eigenvalue weighted by Crippen LogP contribution is 2.16. The normalized spacial score (nSPS) is 10.4. The molecule has 1 aromatic carbocycles. The van der Waals surface area contributed by atoms with Crippen LogP contribution < -0.4 is 5.32 Å². The van der Waals surface area contributed by atoms with Crippen LogP contribution in [0.25, 0.3) is 0 Å². The zero-order chi connectivity index (χ0) is 15.4. The summed E-state index contributed by atoms with van der Waals surface area (Å²) in [7, 11) is 0. The van der Waals surface area contributed by atoms with E-state index < -0.39 is 17.7 Å². The molecule has 110 valence electrons. The standard InChI is InChI=1S/C14H14FN3O3/c1-9-2-3-11(15)12(6-9)17-14(21)10-7-16-18(8-10)5-4-13(19)20/h2-3,6-8H,4-5H2,1H3,(H,17,21)(H,19,20). The molecule has 0 saturated carbocycles. The van der Waals surface area contributed by atoms with Crippen LogP contribution >= 0.6 is 0 Å². The first-order valence-corrected chi connectivity index (χ1v) is 6.27. The number of carbonyl (C=O) groups is 2. The molecule has 21 heavy (non-hydrogen) atoms. The maximum absolute atomic E-state index is 13.6. The highest BCUT2D eigenvalue weighted by atomic mass is 19.1. The molecule has 6 nitrogen and oxygen atoms in total. The maximum atomic E-state index is 13.6. The van der Waals surface area contributed by atoms with E-state index in [1.54, 1.807) is 13.0 Å². The van der Waals surface area contributed by atoms with Crippen LogP contribution in [0.5, 0.6) is 0 Å². The lowest BCUT2D eigenvalue weighted by atomic mass is 10.2. The Labute approximate surface area is 120 Å². The van der Waals surface area contributed by atoms with Crippen molar-refractivity contribution in [2.75, 3.05) is 5.32 Å². The van der Waals surface area contributed by atoms with E-state index in [0.29, 0.717) is 0 Å². The zero-order valence-electron chi connectivity index (χ0n) is 11.3. The molecular weight excluding hydrogens is 277 g/mol. The Morgan fingerprint density at radius 1 is 1.43 bits per heavy atom. The highest BCUT2D eigenvalue weighted by molar-refractivity contribution is 6.04. The van der Waals surface area contributed by atoms with Crippen molar-refractivity contribution in [2.45, 2.75) is 19.9 Å². The van der Waals surface area contributed by atoms with Gasteiger partial charge < -0.3 is 10.4 Å². The van der Waals surface area contributed by atoms with E-state index in [4.69, 9.17) is 5.11 Å². The van der Waals surface area contributed by atoms with E-state index in [1.165, 1.54) is 29.2 Å². The van der Waals surface area contributed by atoms with Gasteiger partial charge in [-0.15, -0.1) is 0 Å². The molecule has 0 atom stereocenters. The van der Waals surface area contributed by atoms with Crippen molar-refractivity contribution in [3.8, 4) is 0 Å². The second kappa shape index (κ2) is 6.17. The highest BCUT2D eigenvalue weighted by Gasteiger charge is 2.12. The van der Waals surface area contributed by atoms with Crippen molar-refractivity contribution < 1.29 is 19.1 Å². The average molecular weight is 291 g/mol. The molecule has 2 aromatic rings. The van der Waals surface area contributed by atoms with Gasteiger partial charge in [-0.2, -0.15) is 5.10 Å². The second-order valence-corrected chi connectivity index (χ2v) is 4.57. The minimum atomic E-state index is -0.946. The smallest absolute Gasteiger partial charge is 0.305 e. The van der Waals surface area contributed by atoms with Crippen LogP contribution in [0.4, 0.5) is 10.1 Å². The quantitative estimate of drug-likeness (QED) is 0.883. The zero-order valence-corrected chi connectivity index (χ0v) is 11.3. The third kappa shape index (κ3) is 3.88. The van der Waals surface area contributed by atoms with Gasteiger partial charge in [-0.25, -0.2) is 4.39 Å². The number of carbonyl (C=O) groups excluding carboxylic acids is 1. The van der Waals surface area contributed by atoms with Crippen LogP contribution in [-0.2, 0) is 11.3 Å². The summed E-state index contributed by atoms with van der Waals surface area (Å²) >= 11 is 0. The van der Waals surface area contributed by atoms with Gasteiger partial charge in [-0.05, 0) is 24.6 Å². The monoisotopic (exact) mass is 291 g/mol. The predicted molar refractivity (Wildman–Crippen MR) is 73.6 cm³/mol. The summed E-state index contributed by atoms with van der Waals surface area (Å²) in [6.07, 6.45) is 2.64. The van der Waals surface area contributed by atoms with Crippen LogP contribution in [0.15, 0.2) is 30.6 Å². The molecule has 0 fully saturated rings. The van der Waals surface area contributed by atoms with Crippen LogP contribution in [0.1, 0.15) is 22.3 Å². The number of aromatic nitrogens is 2. The largest absolute Gasteiger partial charge is 0.481 e. The number of carboxylic acids is 1. The fourth-order valence-corrected chi connectivity index (χ4v) is 1.74. The van der Waals surface area contributed by atoms with Crippen molar-refractivity contribution in [3.05, 3.63) is 47.5 Å². The van der Waals surface area contributed by atoms with Gasteiger partial charge in [-0.1, -0.05) is 6.07 Å². The lowest BCUT2D eigenvalue weighted by molar-refractivity contribution is -0.137. The SMILES string of the molecule is Cc1ccc(F)c(NC(=O)c2cnn(CCC(=O)O)c2)c1. The van der Waals surface area contributed by atoms with Crippen molar-refractivity contribution >= 4 is 17.6 Å². The molecule has 7 heteroatoms. The van der Waals surface area contributed by atoms with E-state index >= 15 is 0 Å². The fraction of sp³-hybridized carbons (Fsp3) is 0.214. The van der Waals surface area contributed by atoms with Crippen LogP contribution in [0.3, 0.4) is 0 Å². The van der Waals surface area contributed by atoms with Gasteiger partial charge in [0.05, 0.1) is 30.4 Å². The second-order valence-electron chi connectivity index (χ2n) is 4.57. The molecular formula is C14H14FN3O3. The van der Waals surface area contributed by atoms with Gasteiger partial charge in [0.2, 0.25) is 0 Å². The number of amides is 1. The molecule has 0 unspecified atom stereocenters. The Morgan fingerprint density at radius 2 is 2.19 bits per heavy atom. The first kappa shape index (κ1) is 14.7. The molecule has 2 N–H and O–H groups in total. The number of hydrogen-bond acceptors (Lipinski definition) is 3. The maximum Gasteiger partial charge on any atom is 0.305 e. The third-order valence-electron chi connectivity index (χ3n) is 2.82. The first-order chi connectivity index (χ1) is 9.95. The summed E-state index contributed by atoms with van der Waals surface area (Å²) in [5.74, 6) is -1.97. The number of carboxylic acid groups (broad SMARTS) is 1. The number of nitrogens with zero attached hydrogens (tertiary/aromatic N) is 2. The molecule has 1 heterocycles. The number of hydrogen-bond donors (Lipinski definition) is 2. The van der Waals surface area contributed by atoms with E-state index in [-0.39, 0.29) is 24.2 Å². The average Bonchev–Trinajstić information content (AvgIpc) is 2.89. The third-order valence-corrected chi connectivity index (χ3v) is 2.82. The summed E-state index contributed by atoms with van der Waals surface area (Å²) in [5, 5.41) is 14.9. The van der Waals surface area contributed by atoms with Crippen molar-refractivity contribution in [3.63, 3.8) is 0 Å². The summed E-state index contributed by atoms with van der Waals surface area (Å²) in [6.45, 7) is 1.96. The number of benzene rings is 1. The Kier molecular flexibility index (Phi) is 4.32. The molecule has 0 aliphatic rings. The predicted octanol–water partition coefficient (Wildman–Crippen LogP) is 2.06. The summed E-state index contributed by atoms with van der Waals surface area (Å²) in [6, 6.07) is 4.41. The molecule has 2 rings (SSSR count). The number of aryl methyl sites for hydroxylation is 2. The van der Waals surface area contributed by atoms with Gasteiger partial charge in [0.15, 0.2) is 0 Å². The molecule has 0 bridgehead atoms. The van der Waals surface area contributed by atoms with Crippen molar-refractivity contribution in [2.24, 2.45) is 0 Å². The van der Waals surface area contributed by atoms with Gasteiger partial charge in [0, 0.05) is 6.20 Å². The van der Waals surface area contributed by atoms with Crippen molar-refractivity contribution in [1.29, 1.82) is 0 Å². The lowest BCUT2D eigenvalue weighted by Crippen LogP contribution is -2.12. The van der Waals surface area contributed by atoms with E-state index in [1.807, 2.05) is 0 Å².